The Morgan fingerprint density at radius 2 is 2.57 bits per heavy atom. The normalized spacial score (nSPS) is 21.4. The van der Waals surface area contributed by atoms with Crippen LogP contribution in [0.1, 0.15) is 12.8 Å². The first kappa shape index (κ1) is 5.05. The summed E-state index contributed by atoms with van der Waals surface area (Å²) >= 11 is 0. The van der Waals surface area contributed by atoms with Gasteiger partial charge in [-0.25, -0.2) is 0 Å². The van der Waals surface area contributed by atoms with E-state index in [1.165, 1.54) is 32.5 Å². The van der Waals surface area contributed by atoms with Gasteiger partial charge in [0.1, 0.15) is 0 Å². The third-order valence-electron chi connectivity index (χ3n) is 1.14. The van der Waals surface area contributed by atoms with Crippen molar-refractivity contribution in [3.63, 3.8) is 0 Å². The van der Waals surface area contributed by atoms with E-state index in [1.807, 2.05) is 6.08 Å². The van der Waals surface area contributed by atoms with Crippen LogP contribution in [0, 0.1) is 0 Å². The van der Waals surface area contributed by atoms with E-state index in [-0.39, 0.29) is 0 Å². The summed E-state index contributed by atoms with van der Waals surface area (Å²) in [5, 5.41) is 1.53. The lowest BCUT2D eigenvalue weighted by Gasteiger charge is -1.82. The molecule has 0 fully saturated rings. The van der Waals surface area contributed by atoms with Crippen LogP contribution >= 0.6 is 8.20 Å². The Kier molecular flexibility index (Phi) is 1.64. The molecular formula is C6H9P. The molecule has 0 aliphatic carbocycles. The lowest BCUT2D eigenvalue weighted by molar-refractivity contribution is 1.04. The summed E-state index contributed by atoms with van der Waals surface area (Å²) in [4.78, 5) is 0. The van der Waals surface area contributed by atoms with E-state index in [9.17, 15) is 0 Å². The maximum atomic E-state index is 3.70. The molecule has 1 aliphatic rings. The molecule has 0 spiro atoms. The molecule has 1 aliphatic heterocycles. The molecule has 1 heterocycles. The van der Waals surface area contributed by atoms with E-state index in [0.717, 1.165) is 0 Å². The van der Waals surface area contributed by atoms with E-state index in [0.29, 0.717) is 0 Å². The minimum absolute atomic E-state index is 1.30. The smallest absolute Gasteiger partial charge is 0.0100 e. The first-order valence-electron chi connectivity index (χ1n) is 2.59. The first-order chi connectivity index (χ1) is 3.43. The van der Waals surface area contributed by atoms with Gasteiger partial charge in [-0.15, -0.1) is 8.20 Å². The molecule has 0 saturated heterocycles. The van der Waals surface area contributed by atoms with Gasteiger partial charge in [0.15, 0.2) is 0 Å². The minimum Gasteiger partial charge on any atom is -0.101 e. The van der Waals surface area contributed by atoms with Gasteiger partial charge in [-0.2, -0.15) is 0 Å². The molecule has 1 heteroatoms. The minimum atomic E-state index is 1.30. The van der Waals surface area contributed by atoms with Crippen molar-refractivity contribution in [2.45, 2.75) is 12.8 Å². The zero-order chi connectivity index (χ0) is 5.11. The molecule has 0 radical (unpaired) electrons. The monoisotopic (exact) mass is 112 g/mol. The second-order valence-electron chi connectivity index (χ2n) is 1.68. The van der Waals surface area contributed by atoms with E-state index in [2.05, 4.69) is 6.58 Å². The van der Waals surface area contributed by atoms with Crippen LogP contribution in [0.15, 0.2) is 12.7 Å². The Labute approximate surface area is 46.0 Å². The largest absolute Gasteiger partial charge is 0.101 e. The summed E-state index contributed by atoms with van der Waals surface area (Å²) in [6.07, 6.45) is 6.03. The summed E-state index contributed by atoms with van der Waals surface area (Å²) in [5.41, 5.74) is 0. The Morgan fingerprint density at radius 3 is 2.86 bits per heavy atom. The summed E-state index contributed by atoms with van der Waals surface area (Å²) in [6.45, 7) is 3.70. The molecule has 0 aromatic heterocycles. The van der Waals surface area contributed by atoms with Crippen molar-refractivity contribution in [2.75, 3.05) is 6.16 Å². The van der Waals surface area contributed by atoms with Gasteiger partial charge in [-0.05, 0) is 24.3 Å². The highest BCUT2D eigenvalue weighted by Gasteiger charge is 1.98. The number of allylic oxidation sites excluding steroid dienone is 1. The molecule has 0 N–H and O–H groups in total. The van der Waals surface area contributed by atoms with Gasteiger partial charge < -0.3 is 0 Å². The van der Waals surface area contributed by atoms with Crippen LogP contribution in [0.3, 0.4) is 0 Å². The van der Waals surface area contributed by atoms with Crippen LogP contribution in [0.2, 0.25) is 0 Å². The van der Waals surface area contributed by atoms with E-state index in [4.69, 9.17) is 0 Å². The standard InChI is InChI=1S/C6H9P/c1-2-6-4-3-5-7-6/h2H,1,3-5H2. The highest BCUT2D eigenvalue weighted by atomic mass is 31.1. The van der Waals surface area contributed by atoms with E-state index in [1.54, 1.807) is 0 Å². The number of hydrogen-bond donors (Lipinski definition) is 0. The number of rotatable bonds is 1. The van der Waals surface area contributed by atoms with Gasteiger partial charge in [-0.3, -0.25) is 0 Å². The van der Waals surface area contributed by atoms with Gasteiger partial charge in [-0.1, -0.05) is 12.7 Å². The van der Waals surface area contributed by atoms with Gasteiger partial charge >= 0.3 is 0 Å². The van der Waals surface area contributed by atoms with Crippen LogP contribution < -0.4 is 0 Å². The van der Waals surface area contributed by atoms with Crippen LogP contribution in [-0.4, -0.2) is 11.5 Å². The van der Waals surface area contributed by atoms with Gasteiger partial charge in [0.05, 0.1) is 0 Å². The molecule has 0 atom stereocenters. The average Bonchev–Trinajstić information content (AvgIpc) is 2.14. The Hall–Kier alpha value is -0.0900. The molecule has 0 saturated carbocycles. The first-order valence-corrected chi connectivity index (χ1v) is 3.67. The van der Waals surface area contributed by atoms with Crippen LogP contribution in [-0.2, 0) is 0 Å². The fraction of sp³-hybridized carbons (Fsp3) is 0.500. The fourth-order valence-electron chi connectivity index (χ4n) is 0.729. The van der Waals surface area contributed by atoms with Gasteiger partial charge in [0.2, 0.25) is 0 Å². The van der Waals surface area contributed by atoms with Crippen LogP contribution in [0.5, 0.6) is 0 Å². The SMILES string of the molecule is C=CC1=PCCC1. The van der Waals surface area contributed by atoms with Crippen molar-refractivity contribution < 1.29 is 0 Å². The van der Waals surface area contributed by atoms with Gasteiger partial charge in [0.25, 0.3) is 0 Å². The summed E-state index contributed by atoms with van der Waals surface area (Å²) in [7, 11) is 1.52. The molecule has 7 heavy (non-hydrogen) atoms. The maximum Gasteiger partial charge on any atom is -0.0100 e. The van der Waals surface area contributed by atoms with Crippen LogP contribution in [0.25, 0.3) is 0 Å². The number of hydrogen-bond acceptors (Lipinski definition) is 0. The molecular weight excluding hydrogens is 103 g/mol. The molecule has 0 aromatic carbocycles. The third-order valence-corrected chi connectivity index (χ3v) is 2.49. The second-order valence-corrected chi connectivity index (χ2v) is 3.02. The maximum absolute atomic E-state index is 3.70. The van der Waals surface area contributed by atoms with Crippen molar-refractivity contribution in [3.8, 4) is 0 Å². The average molecular weight is 112 g/mol. The molecule has 0 aromatic rings. The molecule has 0 unspecified atom stereocenters. The molecule has 0 bridgehead atoms. The Morgan fingerprint density at radius 1 is 1.71 bits per heavy atom. The quantitative estimate of drug-likeness (QED) is 0.455. The molecule has 38 valence electrons. The topological polar surface area (TPSA) is 0 Å². The zero-order valence-electron chi connectivity index (χ0n) is 4.35. The lowest BCUT2D eigenvalue weighted by atomic mass is 10.3. The van der Waals surface area contributed by atoms with Crippen molar-refractivity contribution in [3.05, 3.63) is 12.7 Å². The summed E-state index contributed by atoms with van der Waals surface area (Å²) in [5.74, 6) is 0. The Bertz CT molecular complexity index is 103. The predicted molar refractivity (Wildman–Crippen MR) is 36.2 cm³/mol. The second kappa shape index (κ2) is 2.28. The van der Waals surface area contributed by atoms with E-state index < -0.39 is 0 Å². The fourth-order valence-corrected chi connectivity index (χ4v) is 1.78. The van der Waals surface area contributed by atoms with Crippen molar-refractivity contribution in [2.24, 2.45) is 0 Å². The zero-order valence-corrected chi connectivity index (χ0v) is 5.25. The molecule has 0 nitrogen and oxygen atoms in total. The van der Waals surface area contributed by atoms with Crippen molar-refractivity contribution >= 4 is 13.5 Å². The Balaban J connectivity index is 2.51. The van der Waals surface area contributed by atoms with Crippen LogP contribution in [0.4, 0.5) is 0 Å². The van der Waals surface area contributed by atoms with Gasteiger partial charge in [0, 0.05) is 0 Å². The predicted octanol–water partition coefficient (Wildman–Crippen LogP) is 2.08. The van der Waals surface area contributed by atoms with E-state index >= 15 is 0 Å². The highest BCUT2D eigenvalue weighted by molar-refractivity contribution is 7.41. The van der Waals surface area contributed by atoms with Crippen molar-refractivity contribution in [1.82, 2.24) is 0 Å². The van der Waals surface area contributed by atoms with Crippen molar-refractivity contribution in [1.29, 1.82) is 0 Å². The third kappa shape index (κ3) is 1.14. The summed E-state index contributed by atoms with van der Waals surface area (Å²) in [6, 6.07) is 0. The molecule has 1 rings (SSSR count). The summed E-state index contributed by atoms with van der Waals surface area (Å²) < 4.78 is 0. The lowest BCUT2D eigenvalue weighted by Crippen LogP contribution is -1.79. The molecule has 0 amide bonds. The highest BCUT2D eigenvalue weighted by Crippen LogP contribution is 2.16.